The van der Waals surface area contributed by atoms with Crippen molar-refractivity contribution in [2.45, 2.75) is 13.2 Å². The minimum Gasteiger partial charge on any atom is -0.487 e. The molecule has 0 saturated heterocycles. The second kappa shape index (κ2) is 6.50. The zero-order chi connectivity index (χ0) is 13.8. The van der Waals surface area contributed by atoms with Crippen molar-refractivity contribution < 1.29 is 9.13 Å². The number of hydrogen-bond donors (Lipinski definition) is 1. The van der Waals surface area contributed by atoms with Crippen LogP contribution in [-0.2, 0) is 13.2 Å². The second-order valence-electron chi connectivity index (χ2n) is 3.97. The monoisotopic (exact) mass is 387 g/mol. The fourth-order valence-electron chi connectivity index (χ4n) is 1.66. The Morgan fingerprint density at radius 3 is 2.58 bits per heavy atom. The summed E-state index contributed by atoms with van der Waals surface area (Å²) in [5.41, 5.74) is 7.48. The van der Waals surface area contributed by atoms with E-state index in [1.807, 2.05) is 18.2 Å². The maximum Gasteiger partial charge on any atom is 0.138 e. The maximum atomic E-state index is 13.1. The zero-order valence-electron chi connectivity index (χ0n) is 10.00. The molecule has 100 valence electrons. The molecule has 19 heavy (non-hydrogen) atoms. The Labute approximate surface area is 128 Å². The Kier molecular flexibility index (Phi) is 4.96. The number of rotatable bonds is 4. The first-order valence-corrected chi connectivity index (χ1v) is 7.24. The molecule has 2 aromatic rings. The van der Waals surface area contributed by atoms with E-state index < -0.39 is 0 Å². The second-order valence-corrected chi connectivity index (χ2v) is 5.68. The summed E-state index contributed by atoms with van der Waals surface area (Å²) in [7, 11) is 0. The van der Waals surface area contributed by atoms with Gasteiger partial charge in [0.25, 0.3) is 0 Å². The standard InChI is InChI=1S/C14H12Br2FNO/c15-11-3-1-2-10(7-18)14(11)19-8-9-4-5-13(17)12(16)6-9/h1-6H,7-8,18H2. The van der Waals surface area contributed by atoms with E-state index in [-0.39, 0.29) is 5.82 Å². The first-order chi connectivity index (χ1) is 9.11. The van der Waals surface area contributed by atoms with Crippen molar-refractivity contribution in [1.82, 2.24) is 0 Å². The summed E-state index contributed by atoms with van der Waals surface area (Å²) in [5, 5.41) is 0. The van der Waals surface area contributed by atoms with E-state index >= 15 is 0 Å². The Hall–Kier alpha value is -0.910. The molecular formula is C14H12Br2FNO. The van der Waals surface area contributed by atoms with E-state index in [4.69, 9.17) is 10.5 Å². The van der Waals surface area contributed by atoms with E-state index in [0.29, 0.717) is 17.6 Å². The highest BCUT2D eigenvalue weighted by molar-refractivity contribution is 9.10. The molecule has 0 spiro atoms. The van der Waals surface area contributed by atoms with Crippen LogP contribution in [0, 0.1) is 5.82 Å². The van der Waals surface area contributed by atoms with Crippen molar-refractivity contribution in [1.29, 1.82) is 0 Å². The van der Waals surface area contributed by atoms with E-state index in [2.05, 4.69) is 31.9 Å². The topological polar surface area (TPSA) is 35.2 Å². The van der Waals surface area contributed by atoms with Crippen LogP contribution in [0.1, 0.15) is 11.1 Å². The Morgan fingerprint density at radius 2 is 1.89 bits per heavy atom. The van der Waals surface area contributed by atoms with Crippen LogP contribution in [0.4, 0.5) is 4.39 Å². The van der Waals surface area contributed by atoms with Gasteiger partial charge in [-0.1, -0.05) is 18.2 Å². The molecule has 0 fully saturated rings. The average molecular weight is 389 g/mol. The van der Waals surface area contributed by atoms with E-state index in [0.717, 1.165) is 21.3 Å². The molecular weight excluding hydrogens is 377 g/mol. The minimum absolute atomic E-state index is 0.285. The molecule has 2 nitrogen and oxygen atoms in total. The summed E-state index contributed by atoms with van der Waals surface area (Å²) >= 11 is 6.59. The van der Waals surface area contributed by atoms with Gasteiger partial charge < -0.3 is 10.5 Å². The van der Waals surface area contributed by atoms with Crippen LogP contribution < -0.4 is 10.5 Å². The molecule has 0 unspecified atom stereocenters. The van der Waals surface area contributed by atoms with E-state index in [1.165, 1.54) is 6.07 Å². The van der Waals surface area contributed by atoms with E-state index in [9.17, 15) is 4.39 Å². The molecule has 0 heterocycles. The minimum atomic E-state index is -0.285. The van der Waals surface area contributed by atoms with Crippen LogP contribution in [-0.4, -0.2) is 0 Å². The van der Waals surface area contributed by atoms with Crippen molar-refractivity contribution in [2.75, 3.05) is 0 Å². The summed E-state index contributed by atoms with van der Waals surface area (Å²) < 4.78 is 20.2. The first kappa shape index (κ1) is 14.5. The molecule has 0 aliphatic carbocycles. The van der Waals surface area contributed by atoms with Crippen molar-refractivity contribution in [2.24, 2.45) is 5.73 Å². The number of halogens is 3. The number of hydrogen-bond acceptors (Lipinski definition) is 2. The van der Waals surface area contributed by atoms with Crippen LogP contribution in [0.25, 0.3) is 0 Å². The summed E-state index contributed by atoms with van der Waals surface area (Å²) in [6.45, 7) is 0.760. The molecule has 0 atom stereocenters. The predicted molar refractivity (Wildman–Crippen MR) is 80.5 cm³/mol. The third-order valence-electron chi connectivity index (χ3n) is 2.64. The molecule has 0 aliphatic rings. The molecule has 0 aromatic heterocycles. The van der Waals surface area contributed by atoms with Gasteiger partial charge in [0.05, 0.1) is 8.95 Å². The van der Waals surface area contributed by atoms with Gasteiger partial charge in [-0.2, -0.15) is 0 Å². The van der Waals surface area contributed by atoms with Crippen molar-refractivity contribution in [3.8, 4) is 5.75 Å². The molecule has 0 saturated carbocycles. The largest absolute Gasteiger partial charge is 0.487 e. The lowest BCUT2D eigenvalue weighted by molar-refractivity contribution is 0.301. The first-order valence-electron chi connectivity index (χ1n) is 5.66. The average Bonchev–Trinajstić information content (AvgIpc) is 2.41. The number of nitrogens with two attached hydrogens (primary N) is 1. The Bertz CT molecular complexity index is 590. The van der Waals surface area contributed by atoms with Gasteiger partial charge in [-0.15, -0.1) is 0 Å². The SMILES string of the molecule is NCc1cccc(Br)c1OCc1ccc(F)c(Br)c1. The highest BCUT2D eigenvalue weighted by atomic mass is 79.9. The normalized spacial score (nSPS) is 10.5. The summed E-state index contributed by atoms with van der Waals surface area (Å²) in [5.74, 6) is 0.442. The van der Waals surface area contributed by atoms with Gasteiger partial charge in [-0.05, 0) is 55.6 Å². The Balaban J connectivity index is 2.16. The number of benzene rings is 2. The van der Waals surface area contributed by atoms with Gasteiger partial charge in [0.1, 0.15) is 18.2 Å². The number of ether oxygens (including phenoxy) is 1. The molecule has 2 aromatic carbocycles. The highest BCUT2D eigenvalue weighted by Gasteiger charge is 2.08. The van der Waals surface area contributed by atoms with Crippen LogP contribution in [0.3, 0.4) is 0 Å². The Morgan fingerprint density at radius 1 is 1.11 bits per heavy atom. The molecule has 2 rings (SSSR count). The lowest BCUT2D eigenvalue weighted by Gasteiger charge is -2.12. The van der Waals surface area contributed by atoms with Gasteiger partial charge in [0.15, 0.2) is 0 Å². The molecule has 0 bridgehead atoms. The molecule has 0 aliphatic heterocycles. The maximum absolute atomic E-state index is 13.1. The number of para-hydroxylation sites is 1. The molecule has 2 N–H and O–H groups in total. The summed E-state index contributed by atoms with van der Waals surface area (Å²) in [6.07, 6.45) is 0. The van der Waals surface area contributed by atoms with Crippen LogP contribution in [0.15, 0.2) is 45.3 Å². The van der Waals surface area contributed by atoms with E-state index in [1.54, 1.807) is 12.1 Å². The predicted octanol–water partition coefficient (Wildman–Crippen LogP) is 4.39. The van der Waals surface area contributed by atoms with Gasteiger partial charge in [0, 0.05) is 12.1 Å². The van der Waals surface area contributed by atoms with Gasteiger partial charge in [0.2, 0.25) is 0 Å². The molecule has 0 radical (unpaired) electrons. The molecule has 0 amide bonds. The summed E-state index contributed by atoms with van der Waals surface area (Å²) in [4.78, 5) is 0. The smallest absolute Gasteiger partial charge is 0.138 e. The zero-order valence-corrected chi connectivity index (χ0v) is 13.2. The lowest BCUT2D eigenvalue weighted by atomic mass is 10.2. The van der Waals surface area contributed by atoms with Gasteiger partial charge in [-0.3, -0.25) is 0 Å². The lowest BCUT2D eigenvalue weighted by Crippen LogP contribution is -2.03. The van der Waals surface area contributed by atoms with Gasteiger partial charge >= 0.3 is 0 Å². The van der Waals surface area contributed by atoms with Gasteiger partial charge in [-0.25, -0.2) is 4.39 Å². The summed E-state index contributed by atoms with van der Waals surface area (Å²) in [6, 6.07) is 10.5. The van der Waals surface area contributed by atoms with Crippen molar-refractivity contribution in [3.63, 3.8) is 0 Å². The third-order valence-corrected chi connectivity index (χ3v) is 3.87. The van der Waals surface area contributed by atoms with Crippen LogP contribution in [0.5, 0.6) is 5.75 Å². The van der Waals surface area contributed by atoms with Crippen LogP contribution in [0.2, 0.25) is 0 Å². The quantitative estimate of drug-likeness (QED) is 0.842. The third kappa shape index (κ3) is 3.55. The highest BCUT2D eigenvalue weighted by Crippen LogP contribution is 2.29. The fraction of sp³-hybridized carbons (Fsp3) is 0.143. The van der Waals surface area contributed by atoms with Crippen molar-refractivity contribution >= 4 is 31.9 Å². The molecule has 5 heteroatoms. The van der Waals surface area contributed by atoms with Crippen LogP contribution >= 0.6 is 31.9 Å². The van der Waals surface area contributed by atoms with Crippen molar-refractivity contribution in [3.05, 3.63) is 62.3 Å². The fourth-order valence-corrected chi connectivity index (χ4v) is 2.61.